The maximum Gasteiger partial charge on any atom is 0.0919 e. The summed E-state index contributed by atoms with van der Waals surface area (Å²) in [7, 11) is 0. The van der Waals surface area contributed by atoms with Gasteiger partial charge in [-0.3, -0.25) is 14.7 Å². The predicted octanol–water partition coefficient (Wildman–Crippen LogP) is 3.51. The SMILES string of the molecule is CC(C)(C)c1cc(NCl)c(NCl)cn1. The van der Waals surface area contributed by atoms with Gasteiger partial charge in [-0.2, -0.15) is 0 Å². The first-order valence-electron chi connectivity index (χ1n) is 4.23. The molecular weight excluding hydrogens is 221 g/mol. The average Bonchev–Trinajstić information content (AvgIpc) is 2.15. The molecule has 3 nitrogen and oxygen atoms in total. The number of nitrogens with one attached hydrogen (secondary N) is 2. The Labute approximate surface area is 94.0 Å². The van der Waals surface area contributed by atoms with Crippen molar-refractivity contribution >= 4 is 34.9 Å². The van der Waals surface area contributed by atoms with Gasteiger partial charge < -0.3 is 0 Å². The lowest BCUT2D eigenvalue weighted by molar-refractivity contribution is 0.569. The van der Waals surface area contributed by atoms with E-state index in [1.54, 1.807) is 6.20 Å². The highest BCUT2D eigenvalue weighted by molar-refractivity contribution is 6.28. The topological polar surface area (TPSA) is 37.0 Å². The molecule has 1 heterocycles. The Hall–Kier alpha value is -0.670. The summed E-state index contributed by atoms with van der Waals surface area (Å²) in [4.78, 5) is 9.32. The van der Waals surface area contributed by atoms with E-state index in [1.165, 1.54) is 0 Å². The molecule has 0 spiro atoms. The van der Waals surface area contributed by atoms with Gasteiger partial charge in [0.05, 0.1) is 17.6 Å². The molecule has 2 N–H and O–H groups in total. The molecule has 0 saturated heterocycles. The third-order valence-corrected chi connectivity index (χ3v) is 2.28. The quantitative estimate of drug-likeness (QED) is 0.769. The van der Waals surface area contributed by atoms with E-state index in [4.69, 9.17) is 23.6 Å². The zero-order valence-corrected chi connectivity index (χ0v) is 9.87. The van der Waals surface area contributed by atoms with Crippen molar-refractivity contribution in [2.45, 2.75) is 26.2 Å². The molecule has 5 heteroatoms. The number of pyridine rings is 1. The van der Waals surface area contributed by atoms with Crippen LogP contribution in [0.1, 0.15) is 26.5 Å². The number of hydrogen-bond donors (Lipinski definition) is 2. The second kappa shape index (κ2) is 4.24. The second-order valence-electron chi connectivity index (χ2n) is 4.05. The molecule has 1 aromatic rings. The smallest absolute Gasteiger partial charge is 0.0919 e. The van der Waals surface area contributed by atoms with Gasteiger partial charge in [0.1, 0.15) is 0 Å². The van der Waals surface area contributed by atoms with E-state index in [9.17, 15) is 0 Å². The van der Waals surface area contributed by atoms with Gasteiger partial charge in [0, 0.05) is 34.7 Å². The fraction of sp³-hybridized carbons (Fsp3) is 0.444. The van der Waals surface area contributed by atoms with Crippen molar-refractivity contribution in [1.82, 2.24) is 4.98 Å². The minimum atomic E-state index is -0.00662. The lowest BCUT2D eigenvalue weighted by Crippen LogP contribution is -2.13. The van der Waals surface area contributed by atoms with Crippen molar-refractivity contribution in [3.63, 3.8) is 0 Å². The highest BCUT2D eigenvalue weighted by atomic mass is 35.5. The fourth-order valence-corrected chi connectivity index (χ4v) is 1.33. The number of anilines is 2. The van der Waals surface area contributed by atoms with E-state index in [2.05, 4.69) is 35.4 Å². The number of rotatable bonds is 2. The summed E-state index contributed by atoms with van der Waals surface area (Å²) in [5.74, 6) is 0. The Morgan fingerprint density at radius 3 is 2.14 bits per heavy atom. The Morgan fingerprint density at radius 1 is 1.14 bits per heavy atom. The zero-order chi connectivity index (χ0) is 10.8. The van der Waals surface area contributed by atoms with Crippen molar-refractivity contribution in [3.8, 4) is 0 Å². The molecule has 78 valence electrons. The molecule has 0 radical (unpaired) electrons. The number of hydrogen-bond acceptors (Lipinski definition) is 3. The van der Waals surface area contributed by atoms with E-state index in [1.807, 2.05) is 6.07 Å². The van der Waals surface area contributed by atoms with Gasteiger partial charge in [-0.1, -0.05) is 20.8 Å². The minimum absolute atomic E-state index is 0.00662. The Balaban J connectivity index is 3.14. The third-order valence-electron chi connectivity index (χ3n) is 1.88. The maximum atomic E-state index is 5.56. The van der Waals surface area contributed by atoms with Crippen molar-refractivity contribution in [2.75, 3.05) is 9.67 Å². The largest absolute Gasteiger partial charge is 0.296 e. The minimum Gasteiger partial charge on any atom is -0.296 e. The molecule has 0 aromatic carbocycles. The maximum absolute atomic E-state index is 5.56. The van der Waals surface area contributed by atoms with Gasteiger partial charge in [-0.25, -0.2) is 0 Å². The molecule has 0 fully saturated rings. The van der Waals surface area contributed by atoms with E-state index >= 15 is 0 Å². The summed E-state index contributed by atoms with van der Waals surface area (Å²) in [6, 6.07) is 1.87. The fourth-order valence-electron chi connectivity index (χ4n) is 1.02. The monoisotopic (exact) mass is 233 g/mol. The van der Waals surface area contributed by atoms with Crippen LogP contribution in [-0.4, -0.2) is 4.98 Å². The standard InChI is InChI=1S/C9H13Cl2N3/c1-9(2,3)8-4-6(13-10)7(14-11)5-12-8/h4-5,14H,1-3H3,(H,12,13). The molecule has 0 unspecified atom stereocenters. The van der Waals surface area contributed by atoms with Crippen LogP contribution in [0, 0.1) is 0 Å². The molecule has 1 rings (SSSR count). The lowest BCUT2D eigenvalue weighted by atomic mass is 9.91. The van der Waals surface area contributed by atoms with Gasteiger partial charge >= 0.3 is 0 Å². The van der Waals surface area contributed by atoms with Crippen LogP contribution in [0.15, 0.2) is 12.3 Å². The average molecular weight is 234 g/mol. The van der Waals surface area contributed by atoms with Crippen LogP contribution >= 0.6 is 23.6 Å². The van der Waals surface area contributed by atoms with Gasteiger partial charge in [0.2, 0.25) is 0 Å². The highest BCUT2D eigenvalue weighted by Gasteiger charge is 2.16. The first-order chi connectivity index (χ1) is 6.49. The van der Waals surface area contributed by atoms with Crippen LogP contribution in [0.3, 0.4) is 0 Å². The Bertz CT molecular complexity index is 320. The summed E-state index contributed by atoms with van der Waals surface area (Å²) in [6.07, 6.45) is 1.65. The molecule has 0 atom stereocenters. The Kier molecular flexibility index (Phi) is 3.45. The van der Waals surface area contributed by atoms with Crippen LogP contribution in [0.4, 0.5) is 11.4 Å². The van der Waals surface area contributed by atoms with E-state index in [0.29, 0.717) is 5.69 Å². The van der Waals surface area contributed by atoms with Crippen molar-refractivity contribution in [3.05, 3.63) is 18.0 Å². The molecule has 1 aromatic heterocycles. The van der Waals surface area contributed by atoms with Gasteiger partial charge in [-0.05, 0) is 6.07 Å². The van der Waals surface area contributed by atoms with E-state index < -0.39 is 0 Å². The first-order valence-corrected chi connectivity index (χ1v) is 4.98. The molecule has 14 heavy (non-hydrogen) atoms. The van der Waals surface area contributed by atoms with Crippen LogP contribution < -0.4 is 9.67 Å². The number of halogens is 2. The van der Waals surface area contributed by atoms with Crippen LogP contribution in [0.25, 0.3) is 0 Å². The summed E-state index contributed by atoms with van der Waals surface area (Å²) >= 11 is 11.0. The van der Waals surface area contributed by atoms with Crippen molar-refractivity contribution in [2.24, 2.45) is 0 Å². The van der Waals surface area contributed by atoms with Crippen LogP contribution in [0.2, 0.25) is 0 Å². The number of aromatic nitrogens is 1. The summed E-state index contributed by atoms with van der Waals surface area (Å²) in [5.41, 5.74) is 2.33. The molecule has 0 aliphatic rings. The molecule has 0 aliphatic heterocycles. The zero-order valence-electron chi connectivity index (χ0n) is 8.36. The van der Waals surface area contributed by atoms with Gasteiger partial charge in [0.15, 0.2) is 0 Å². The van der Waals surface area contributed by atoms with Crippen molar-refractivity contribution < 1.29 is 0 Å². The molecule has 0 amide bonds. The van der Waals surface area contributed by atoms with E-state index in [0.717, 1.165) is 11.4 Å². The lowest BCUT2D eigenvalue weighted by Gasteiger charge is -2.19. The van der Waals surface area contributed by atoms with Gasteiger partial charge in [-0.15, -0.1) is 0 Å². The first kappa shape index (κ1) is 11.4. The second-order valence-corrected chi connectivity index (χ2v) is 4.43. The summed E-state index contributed by atoms with van der Waals surface area (Å²) in [6.45, 7) is 6.25. The highest BCUT2D eigenvalue weighted by Crippen LogP contribution is 2.28. The normalized spacial score (nSPS) is 11.2. The van der Waals surface area contributed by atoms with Crippen molar-refractivity contribution in [1.29, 1.82) is 0 Å². The molecule has 0 bridgehead atoms. The third kappa shape index (κ3) is 2.42. The Morgan fingerprint density at radius 2 is 1.71 bits per heavy atom. The molecule has 0 aliphatic carbocycles. The van der Waals surface area contributed by atoms with Crippen LogP contribution in [0.5, 0.6) is 0 Å². The molecule has 0 saturated carbocycles. The summed E-state index contributed by atoms with van der Waals surface area (Å²) in [5, 5.41) is 0. The molecular formula is C9H13Cl2N3. The summed E-state index contributed by atoms with van der Waals surface area (Å²) < 4.78 is 0. The van der Waals surface area contributed by atoms with Crippen LogP contribution in [-0.2, 0) is 5.41 Å². The predicted molar refractivity (Wildman–Crippen MR) is 61.9 cm³/mol. The van der Waals surface area contributed by atoms with E-state index in [-0.39, 0.29) is 5.41 Å². The van der Waals surface area contributed by atoms with Gasteiger partial charge in [0.25, 0.3) is 0 Å². The number of nitrogens with zero attached hydrogens (tertiary/aromatic N) is 1.